The van der Waals surface area contributed by atoms with Gasteiger partial charge < -0.3 is 31.1 Å². The minimum atomic E-state index is -1.29. The van der Waals surface area contributed by atoms with Gasteiger partial charge in [-0.15, -0.1) is 0 Å². The Labute approximate surface area is 315 Å². The summed E-state index contributed by atoms with van der Waals surface area (Å²) in [5, 5.41) is 33.7. The van der Waals surface area contributed by atoms with E-state index in [2.05, 4.69) is 19.2 Å². The number of nitrogens with one attached hydrogen (secondary N) is 1. The molecule has 0 radical (unpaired) electrons. The number of carbonyl (C=O) groups is 1. The summed E-state index contributed by atoms with van der Waals surface area (Å²) < 4.78 is 5.91. The molecular formula is C43H87N3O5. The summed E-state index contributed by atoms with van der Waals surface area (Å²) in [5.41, 5.74) is 6.29. The number of rotatable bonds is 36. The van der Waals surface area contributed by atoms with Gasteiger partial charge in [0.1, 0.15) is 18.3 Å². The number of nitrogens with zero attached hydrogens (tertiary/aromatic N) is 1. The van der Waals surface area contributed by atoms with Crippen LogP contribution in [0.3, 0.4) is 0 Å². The van der Waals surface area contributed by atoms with Gasteiger partial charge >= 0.3 is 6.03 Å². The van der Waals surface area contributed by atoms with Crippen LogP contribution < -0.4 is 11.1 Å². The Morgan fingerprint density at radius 1 is 0.549 bits per heavy atom. The van der Waals surface area contributed by atoms with Gasteiger partial charge in [0.05, 0.1) is 12.6 Å². The number of aliphatic hydroxyl groups is 3. The normalized spacial score (nSPS) is 20.5. The van der Waals surface area contributed by atoms with Gasteiger partial charge in [0.2, 0.25) is 0 Å². The molecule has 0 aromatic carbocycles. The number of unbranched alkanes of at least 4 members (excludes halogenated alkanes) is 30. The van der Waals surface area contributed by atoms with Crippen LogP contribution in [0.5, 0.6) is 0 Å². The molecule has 8 nitrogen and oxygen atoms in total. The van der Waals surface area contributed by atoms with Crippen LogP contribution in [0.2, 0.25) is 0 Å². The van der Waals surface area contributed by atoms with E-state index in [1.54, 1.807) is 4.90 Å². The van der Waals surface area contributed by atoms with Crippen molar-refractivity contribution in [2.75, 3.05) is 19.7 Å². The van der Waals surface area contributed by atoms with Crippen molar-refractivity contribution in [1.29, 1.82) is 0 Å². The lowest BCUT2D eigenvalue weighted by Gasteiger charge is -2.45. The van der Waals surface area contributed by atoms with Crippen LogP contribution in [0, 0.1) is 0 Å². The topological polar surface area (TPSA) is 128 Å². The molecule has 1 fully saturated rings. The Hall–Kier alpha value is -0.930. The molecule has 1 saturated heterocycles. The third kappa shape index (κ3) is 24.9. The lowest BCUT2D eigenvalue weighted by atomic mass is 9.96. The molecule has 6 N–H and O–H groups in total. The van der Waals surface area contributed by atoms with E-state index in [-0.39, 0.29) is 6.03 Å². The quantitative estimate of drug-likeness (QED) is 0.0409. The zero-order valence-corrected chi connectivity index (χ0v) is 33.8. The number of nitrogens with two attached hydrogens (primary N) is 1. The Bertz CT molecular complexity index is 757. The maximum atomic E-state index is 13.4. The molecule has 8 heteroatoms. The summed E-state index contributed by atoms with van der Waals surface area (Å²) in [4.78, 5) is 15.0. The second-order valence-electron chi connectivity index (χ2n) is 15.8. The monoisotopic (exact) mass is 726 g/mol. The van der Waals surface area contributed by atoms with Crippen molar-refractivity contribution in [3.63, 3.8) is 0 Å². The number of carbonyl (C=O) groups excluding carboxylic acids is 1. The highest BCUT2D eigenvalue weighted by Gasteiger charge is 2.45. The van der Waals surface area contributed by atoms with E-state index < -0.39 is 37.2 Å². The molecule has 0 unspecified atom stereocenters. The molecule has 1 rings (SSSR count). The van der Waals surface area contributed by atoms with E-state index in [0.29, 0.717) is 13.1 Å². The highest BCUT2D eigenvalue weighted by atomic mass is 16.5. The summed E-state index contributed by atoms with van der Waals surface area (Å²) >= 11 is 0. The molecule has 1 aliphatic rings. The number of hydrogen-bond acceptors (Lipinski definition) is 6. The molecule has 0 spiro atoms. The van der Waals surface area contributed by atoms with Crippen LogP contribution in [-0.4, -0.2) is 76.5 Å². The number of hydrogen-bond donors (Lipinski definition) is 5. The molecule has 0 saturated carbocycles. The van der Waals surface area contributed by atoms with Crippen LogP contribution in [0.1, 0.15) is 219 Å². The van der Waals surface area contributed by atoms with Gasteiger partial charge in [-0.1, -0.05) is 206 Å². The molecule has 304 valence electrons. The van der Waals surface area contributed by atoms with Crippen LogP contribution in [0.15, 0.2) is 0 Å². The van der Waals surface area contributed by atoms with Gasteiger partial charge in [-0.05, 0) is 12.8 Å². The third-order valence-electron chi connectivity index (χ3n) is 11.1. The summed E-state index contributed by atoms with van der Waals surface area (Å²) in [5.74, 6) is 0. The number of amides is 2. The smallest absolute Gasteiger partial charge is 0.319 e. The van der Waals surface area contributed by atoms with Gasteiger partial charge in [-0.2, -0.15) is 0 Å². The SMILES string of the molecule is CCCCCCCCCCCCCCCCCCNC(=O)N(CCCCCCCCCCCCCCCCCC)[C@@H]1O[C@H](CO)[C@H](O)[C@H](O)[C@@H]1N. The van der Waals surface area contributed by atoms with Crippen LogP contribution in [-0.2, 0) is 4.74 Å². The first kappa shape index (κ1) is 48.1. The van der Waals surface area contributed by atoms with E-state index >= 15 is 0 Å². The lowest BCUT2D eigenvalue weighted by Crippen LogP contribution is -2.67. The number of urea groups is 1. The standard InChI is InChI=1S/C43H87N3O5/c1-3-5-7-9-11-13-15-17-19-21-23-25-27-29-31-33-35-45-43(50)46(42-39(44)41(49)40(48)38(37-47)51-42)36-34-32-30-28-26-24-22-20-18-16-14-12-10-8-6-4-2/h38-42,47-49H,3-37,44H2,1-2H3,(H,45,50)/t38-,39+,40+,41-,42-/m1/s1. The third-order valence-corrected chi connectivity index (χ3v) is 11.1. The molecule has 51 heavy (non-hydrogen) atoms. The van der Waals surface area contributed by atoms with Crippen molar-refractivity contribution in [3.05, 3.63) is 0 Å². The van der Waals surface area contributed by atoms with Crippen molar-refractivity contribution in [3.8, 4) is 0 Å². The van der Waals surface area contributed by atoms with Gasteiger partial charge in [-0.3, -0.25) is 4.90 Å². The average molecular weight is 726 g/mol. The van der Waals surface area contributed by atoms with E-state index in [1.807, 2.05) is 0 Å². The van der Waals surface area contributed by atoms with Crippen LogP contribution in [0.25, 0.3) is 0 Å². The molecule has 1 heterocycles. The molecule has 0 bridgehead atoms. The second-order valence-corrected chi connectivity index (χ2v) is 15.8. The molecule has 0 aromatic rings. The molecule has 5 atom stereocenters. The van der Waals surface area contributed by atoms with Crippen LogP contribution in [0.4, 0.5) is 4.79 Å². The molecule has 1 aliphatic heterocycles. The molecule has 2 amide bonds. The zero-order valence-electron chi connectivity index (χ0n) is 33.8. The largest absolute Gasteiger partial charge is 0.394 e. The summed E-state index contributed by atoms with van der Waals surface area (Å²) in [7, 11) is 0. The highest BCUT2D eigenvalue weighted by Crippen LogP contribution is 2.24. The fraction of sp³-hybridized carbons (Fsp3) is 0.977. The van der Waals surface area contributed by atoms with E-state index in [4.69, 9.17) is 10.5 Å². The minimum Gasteiger partial charge on any atom is -0.394 e. The lowest BCUT2D eigenvalue weighted by molar-refractivity contribution is -0.218. The van der Waals surface area contributed by atoms with E-state index in [0.717, 1.165) is 32.1 Å². The number of aliphatic hydroxyl groups excluding tert-OH is 3. The predicted molar refractivity (Wildman–Crippen MR) is 215 cm³/mol. The molecule has 0 aromatic heterocycles. The van der Waals surface area contributed by atoms with E-state index in [9.17, 15) is 20.1 Å². The maximum absolute atomic E-state index is 13.4. The molecular weight excluding hydrogens is 638 g/mol. The Morgan fingerprint density at radius 3 is 1.24 bits per heavy atom. The average Bonchev–Trinajstić information content (AvgIpc) is 3.13. The van der Waals surface area contributed by atoms with Crippen molar-refractivity contribution in [1.82, 2.24) is 10.2 Å². The van der Waals surface area contributed by atoms with Crippen molar-refractivity contribution in [2.45, 2.75) is 250 Å². The first-order valence-electron chi connectivity index (χ1n) is 22.4. The Kier molecular flexibility index (Phi) is 32.8. The van der Waals surface area contributed by atoms with Crippen molar-refractivity contribution in [2.24, 2.45) is 5.73 Å². The highest BCUT2D eigenvalue weighted by molar-refractivity contribution is 5.74. The van der Waals surface area contributed by atoms with E-state index in [1.165, 1.54) is 173 Å². The van der Waals surface area contributed by atoms with Gasteiger partial charge in [0, 0.05) is 13.1 Å². The maximum Gasteiger partial charge on any atom is 0.319 e. The van der Waals surface area contributed by atoms with Crippen molar-refractivity contribution >= 4 is 6.03 Å². The van der Waals surface area contributed by atoms with Crippen LogP contribution >= 0.6 is 0 Å². The van der Waals surface area contributed by atoms with Gasteiger partial charge in [0.25, 0.3) is 0 Å². The van der Waals surface area contributed by atoms with Gasteiger partial charge in [0.15, 0.2) is 6.23 Å². The Balaban J connectivity index is 2.24. The van der Waals surface area contributed by atoms with Gasteiger partial charge in [-0.25, -0.2) is 4.79 Å². The first-order valence-corrected chi connectivity index (χ1v) is 22.4. The Morgan fingerprint density at radius 2 is 0.882 bits per heavy atom. The summed E-state index contributed by atoms with van der Waals surface area (Å²) in [6, 6.07) is -1.21. The number of ether oxygens (including phenoxy) is 1. The zero-order chi connectivity index (χ0) is 37.2. The fourth-order valence-electron chi connectivity index (χ4n) is 7.54. The first-order chi connectivity index (χ1) is 25.0. The minimum absolute atomic E-state index is 0.252. The predicted octanol–water partition coefficient (Wildman–Crippen LogP) is 10.3. The fourth-order valence-corrected chi connectivity index (χ4v) is 7.54. The summed E-state index contributed by atoms with van der Waals surface area (Å²) in [6.45, 7) is 5.15. The second kappa shape index (κ2) is 34.8. The van der Waals surface area contributed by atoms with Crippen molar-refractivity contribution < 1.29 is 24.9 Å². The summed E-state index contributed by atoms with van der Waals surface area (Å²) in [6.07, 6.45) is 37.0. The molecule has 0 aliphatic carbocycles.